The zero-order valence-electron chi connectivity index (χ0n) is 12.2. The van der Waals surface area contributed by atoms with Gasteiger partial charge in [0.25, 0.3) is 0 Å². The first-order chi connectivity index (χ1) is 9.72. The van der Waals surface area contributed by atoms with Crippen molar-refractivity contribution in [2.45, 2.75) is 44.1 Å². The van der Waals surface area contributed by atoms with Crippen LogP contribution in [0.2, 0.25) is 0 Å². The lowest BCUT2D eigenvalue weighted by molar-refractivity contribution is -0.141. The number of carbonyl (C=O) groups excluding carboxylic acids is 1. The van der Waals surface area contributed by atoms with Crippen LogP contribution in [0, 0.1) is 5.92 Å². The molecular weight excluding hydrogens is 296 g/mol. The Morgan fingerprint density at radius 1 is 1.29 bits per heavy atom. The number of nitrogens with one attached hydrogen (secondary N) is 1. The van der Waals surface area contributed by atoms with Gasteiger partial charge in [-0.2, -0.15) is 0 Å². The fourth-order valence-electron chi connectivity index (χ4n) is 3.05. The fraction of sp³-hybridized carbons (Fsp3) is 0.846. The van der Waals surface area contributed by atoms with E-state index < -0.39 is 21.5 Å². The monoisotopic (exact) mass is 318 g/mol. The first kappa shape index (κ1) is 16.2. The van der Waals surface area contributed by atoms with Crippen molar-refractivity contribution in [1.29, 1.82) is 0 Å². The van der Waals surface area contributed by atoms with Gasteiger partial charge in [0.2, 0.25) is 15.9 Å². The zero-order chi connectivity index (χ0) is 15.7. The van der Waals surface area contributed by atoms with E-state index in [4.69, 9.17) is 5.11 Å². The predicted molar refractivity (Wildman–Crippen MR) is 76.1 cm³/mol. The van der Waals surface area contributed by atoms with Gasteiger partial charge in [0.1, 0.15) is 0 Å². The molecule has 1 amide bonds. The number of carbonyl (C=O) groups is 2. The first-order valence-electron chi connectivity index (χ1n) is 7.21. The summed E-state index contributed by atoms with van der Waals surface area (Å²) in [5.41, 5.74) is -0.586. The largest absolute Gasteiger partial charge is 0.481 e. The maximum atomic E-state index is 12.3. The average Bonchev–Trinajstić information content (AvgIpc) is 2.34. The third-order valence-corrected chi connectivity index (χ3v) is 5.79. The van der Waals surface area contributed by atoms with Crippen LogP contribution >= 0.6 is 0 Å². The number of amides is 1. The normalized spacial score (nSPS) is 23.3. The molecule has 0 aromatic rings. The van der Waals surface area contributed by atoms with Crippen molar-refractivity contribution in [3.8, 4) is 0 Å². The third-order valence-electron chi connectivity index (χ3n) is 4.48. The molecule has 1 aliphatic carbocycles. The molecule has 8 heteroatoms. The summed E-state index contributed by atoms with van der Waals surface area (Å²) < 4.78 is 24.2. The second kappa shape index (κ2) is 5.92. The molecule has 2 N–H and O–H groups in total. The SMILES string of the molecule is CS(=O)(=O)N1CCC(C(=O)NC2(CC(=O)O)CCC2)CC1. The van der Waals surface area contributed by atoms with Crippen LogP contribution in [0.3, 0.4) is 0 Å². The fourth-order valence-corrected chi connectivity index (χ4v) is 3.93. The molecule has 1 heterocycles. The van der Waals surface area contributed by atoms with Crippen LogP contribution in [0.5, 0.6) is 0 Å². The van der Waals surface area contributed by atoms with Gasteiger partial charge >= 0.3 is 5.97 Å². The molecule has 0 aromatic carbocycles. The Morgan fingerprint density at radius 2 is 1.86 bits per heavy atom. The van der Waals surface area contributed by atoms with Gasteiger partial charge < -0.3 is 10.4 Å². The van der Waals surface area contributed by atoms with Gasteiger partial charge in [-0.1, -0.05) is 0 Å². The Kier molecular flexibility index (Phi) is 4.57. The summed E-state index contributed by atoms with van der Waals surface area (Å²) in [7, 11) is -3.20. The molecule has 21 heavy (non-hydrogen) atoms. The topological polar surface area (TPSA) is 104 Å². The van der Waals surface area contributed by atoms with Crippen molar-refractivity contribution >= 4 is 21.9 Å². The second-order valence-corrected chi connectivity index (χ2v) is 8.11. The third kappa shape index (κ3) is 3.94. The number of rotatable bonds is 5. The van der Waals surface area contributed by atoms with Crippen molar-refractivity contribution in [2.75, 3.05) is 19.3 Å². The molecule has 0 aromatic heterocycles. The molecule has 1 saturated heterocycles. The summed E-state index contributed by atoms with van der Waals surface area (Å²) in [6.07, 6.45) is 4.44. The van der Waals surface area contributed by atoms with Crippen molar-refractivity contribution in [1.82, 2.24) is 9.62 Å². The average molecular weight is 318 g/mol. The van der Waals surface area contributed by atoms with E-state index in [1.54, 1.807) is 0 Å². The van der Waals surface area contributed by atoms with Crippen molar-refractivity contribution in [3.05, 3.63) is 0 Å². The number of carboxylic acids is 1. The molecule has 0 atom stereocenters. The molecule has 2 rings (SSSR count). The lowest BCUT2D eigenvalue weighted by atomic mass is 9.74. The van der Waals surface area contributed by atoms with Gasteiger partial charge in [-0.3, -0.25) is 9.59 Å². The molecule has 0 unspecified atom stereocenters. The summed E-state index contributed by atoms with van der Waals surface area (Å²) in [6, 6.07) is 0. The van der Waals surface area contributed by atoms with E-state index >= 15 is 0 Å². The number of hydrogen-bond donors (Lipinski definition) is 2. The molecule has 0 spiro atoms. The quantitative estimate of drug-likeness (QED) is 0.752. The highest BCUT2D eigenvalue weighted by Crippen LogP contribution is 2.35. The maximum absolute atomic E-state index is 12.3. The number of nitrogens with zero attached hydrogens (tertiary/aromatic N) is 1. The van der Waals surface area contributed by atoms with Crippen LogP contribution in [0.1, 0.15) is 38.5 Å². The van der Waals surface area contributed by atoms with Crippen LogP contribution in [0.15, 0.2) is 0 Å². The molecule has 120 valence electrons. The minimum absolute atomic E-state index is 0.0407. The van der Waals surface area contributed by atoms with Gasteiger partial charge in [-0.05, 0) is 32.1 Å². The minimum Gasteiger partial charge on any atom is -0.481 e. The van der Waals surface area contributed by atoms with E-state index in [9.17, 15) is 18.0 Å². The zero-order valence-corrected chi connectivity index (χ0v) is 13.0. The van der Waals surface area contributed by atoms with Crippen LogP contribution in [0.4, 0.5) is 0 Å². The highest BCUT2D eigenvalue weighted by molar-refractivity contribution is 7.88. The highest BCUT2D eigenvalue weighted by atomic mass is 32.2. The van der Waals surface area contributed by atoms with Crippen LogP contribution in [-0.4, -0.2) is 54.6 Å². The molecule has 0 radical (unpaired) electrons. The van der Waals surface area contributed by atoms with E-state index in [2.05, 4.69) is 5.32 Å². The number of piperidine rings is 1. The molecule has 7 nitrogen and oxygen atoms in total. The van der Waals surface area contributed by atoms with Gasteiger partial charge in [0.05, 0.1) is 18.2 Å². The molecular formula is C13H22N2O5S. The van der Waals surface area contributed by atoms with Crippen molar-refractivity contribution in [3.63, 3.8) is 0 Å². The minimum atomic E-state index is -3.20. The lowest BCUT2D eigenvalue weighted by Gasteiger charge is -2.43. The van der Waals surface area contributed by atoms with Gasteiger partial charge in [-0.25, -0.2) is 12.7 Å². The van der Waals surface area contributed by atoms with Gasteiger partial charge in [-0.15, -0.1) is 0 Å². The standard InChI is InChI=1S/C13H22N2O5S/c1-21(19,20)15-7-3-10(4-8-15)12(18)14-13(5-2-6-13)9-11(16)17/h10H,2-9H2,1H3,(H,14,18)(H,16,17). The second-order valence-electron chi connectivity index (χ2n) is 6.13. The van der Waals surface area contributed by atoms with E-state index in [-0.39, 0.29) is 18.2 Å². The van der Waals surface area contributed by atoms with E-state index in [1.807, 2.05) is 0 Å². The lowest BCUT2D eigenvalue weighted by Crippen LogP contribution is -2.57. The Bertz CT molecular complexity index is 519. The van der Waals surface area contributed by atoms with E-state index in [0.29, 0.717) is 38.8 Å². The van der Waals surface area contributed by atoms with Gasteiger partial charge in [0.15, 0.2) is 0 Å². The molecule has 0 bridgehead atoms. The van der Waals surface area contributed by atoms with Gasteiger partial charge in [0, 0.05) is 19.0 Å². The van der Waals surface area contributed by atoms with E-state index in [1.165, 1.54) is 10.6 Å². The number of sulfonamides is 1. The number of hydrogen-bond acceptors (Lipinski definition) is 4. The Balaban J connectivity index is 1.89. The summed E-state index contributed by atoms with van der Waals surface area (Å²) in [5, 5.41) is 11.8. The summed E-state index contributed by atoms with van der Waals surface area (Å²) in [6.45, 7) is 0.700. The first-order valence-corrected chi connectivity index (χ1v) is 9.06. The van der Waals surface area contributed by atoms with Crippen LogP contribution in [-0.2, 0) is 19.6 Å². The summed E-state index contributed by atoms with van der Waals surface area (Å²) >= 11 is 0. The Hall–Kier alpha value is -1.15. The molecule has 1 aliphatic heterocycles. The molecule has 2 aliphatic rings. The smallest absolute Gasteiger partial charge is 0.305 e. The molecule has 2 fully saturated rings. The predicted octanol–water partition coefficient (Wildman–Crippen LogP) is 0.172. The number of carboxylic acid groups (broad SMARTS) is 1. The van der Waals surface area contributed by atoms with E-state index in [0.717, 1.165) is 6.42 Å². The van der Waals surface area contributed by atoms with Crippen molar-refractivity contribution in [2.24, 2.45) is 5.92 Å². The summed E-state index contributed by atoms with van der Waals surface area (Å²) in [5.74, 6) is -1.26. The maximum Gasteiger partial charge on any atom is 0.305 e. The Morgan fingerprint density at radius 3 is 2.24 bits per heavy atom. The highest BCUT2D eigenvalue weighted by Gasteiger charge is 2.42. The molecule has 1 saturated carbocycles. The van der Waals surface area contributed by atoms with Crippen LogP contribution < -0.4 is 5.32 Å². The summed E-state index contributed by atoms with van der Waals surface area (Å²) in [4.78, 5) is 23.2. The Labute approximate surface area is 124 Å². The number of aliphatic carboxylic acids is 1. The van der Waals surface area contributed by atoms with Crippen LogP contribution in [0.25, 0.3) is 0 Å². The van der Waals surface area contributed by atoms with Crippen molar-refractivity contribution < 1.29 is 23.1 Å².